The number of ether oxygens (including phenoxy) is 2. The number of hydrogen-bond donors (Lipinski definition) is 1. The second kappa shape index (κ2) is 7.58. The van der Waals surface area contributed by atoms with E-state index in [-0.39, 0.29) is 29.9 Å². The van der Waals surface area contributed by atoms with Gasteiger partial charge in [0.05, 0.1) is 24.3 Å². The predicted octanol–water partition coefficient (Wildman–Crippen LogP) is 1.80. The lowest BCUT2D eigenvalue weighted by Crippen LogP contribution is -2.32. The molecular formula is C20H19FN6O4. The number of aromatic amines is 1. The molecular weight excluding hydrogens is 407 g/mol. The molecule has 4 heterocycles. The van der Waals surface area contributed by atoms with Gasteiger partial charge in [-0.15, -0.1) is 0 Å². The van der Waals surface area contributed by atoms with Gasteiger partial charge >= 0.3 is 11.7 Å². The van der Waals surface area contributed by atoms with E-state index < -0.39 is 5.97 Å². The van der Waals surface area contributed by atoms with Crippen LogP contribution in [0.4, 0.5) is 4.39 Å². The van der Waals surface area contributed by atoms with Gasteiger partial charge in [0, 0.05) is 19.3 Å². The molecule has 0 aliphatic carbocycles. The average Bonchev–Trinajstić information content (AvgIpc) is 3.32. The number of H-pyrrole nitrogens is 1. The van der Waals surface area contributed by atoms with Crippen LogP contribution in [-0.4, -0.2) is 55.4 Å². The molecule has 0 unspecified atom stereocenters. The Morgan fingerprint density at radius 1 is 1.32 bits per heavy atom. The number of nitrogens with one attached hydrogen (secondary N) is 1. The van der Waals surface area contributed by atoms with E-state index >= 15 is 0 Å². The number of rotatable bonds is 4. The van der Waals surface area contributed by atoms with E-state index in [4.69, 9.17) is 9.47 Å². The molecule has 1 aromatic carbocycles. The molecule has 1 saturated heterocycles. The molecule has 11 heteroatoms. The lowest BCUT2D eigenvalue weighted by molar-refractivity contribution is -0.141. The summed E-state index contributed by atoms with van der Waals surface area (Å²) >= 11 is 0. The van der Waals surface area contributed by atoms with Crippen molar-refractivity contribution in [1.29, 1.82) is 0 Å². The van der Waals surface area contributed by atoms with E-state index in [0.717, 1.165) is 0 Å². The number of hydrogen-bond acceptors (Lipinski definition) is 7. The van der Waals surface area contributed by atoms with Crippen molar-refractivity contribution >= 4 is 28.2 Å². The van der Waals surface area contributed by atoms with Gasteiger partial charge in [-0.05, 0) is 31.0 Å². The van der Waals surface area contributed by atoms with Gasteiger partial charge in [-0.3, -0.25) is 13.9 Å². The molecule has 1 N–H and O–H groups in total. The van der Waals surface area contributed by atoms with Gasteiger partial charge in [-0.25, -0.2) is 24.1 Å². The normalized spacial score (nSPS) is 15.0. The van der Waals surface area contributed by atoms with Gasteiger partial charge in [-0.1, -0.05) is 0 Å². The monoisotopic (exact) mass is 426 g/mol. The highest BCUT2D eigenvalue weighted by Crippen LogP contribution is 2.25. The molecule has 1 fully saturated rings. The minimum atomic E-state index is -0.562. The van der Waals surface area contributed by atoms with E-state index in [1.807, 2.05) is 0 Å². The average molecular weight is 426 g/mol. The standard InChI is InChI=1S/C20H19FN6O4/c1-30-16(28)10-26-19-15(27(20(26)29)12-4-6-31-7-5-12)9-22-17(25-19)18-23-13-3-2-11(21)8-14(13)24-18/h2-3,8-9,12H,4-7,10H2,1H3,(H,23,24). The summed E-state index contributed by atoms with van der Waals surface area (Å²) in [5.74, 6) is -0.391. The fourth-order valence-corrected chi connectivity index (χ4v) is 3.89. The third-order valence-corrected chi connectivity index (χ3v) is 5.43. The van der Waals surface area contributed by atoms with Crippen molar-refractivity contribution in [1.82, 2.24) is 29.1 Å². The number of aromatic nitrogens is 6. The molecule has 1 aliphatic heterocycles. The number of nitrogens with zero attached hydrogens (tertiary/aromatic N) is 5. The van der Waals surface area contributed by atoms with Gasteiger partial charge in [0.1, 0.15) is 17.9 Å². The van der Waals surface area contributed by atoms with Crippen molar-refractivity contribution in [3.8, 4) is 11.6 Å². The minimum absolute atomic E-state index is 0.0775. The Morgan fingerprint density at radius 2 is 2.13 bits per heavy atom. The van der Waals surface area contributed by atoms with Crippen molar-refractivity contribution in [2.75, 3.05) is 20.3 Å². The lowest BCUT2D eigenvalue weighted by atomic mass is 10.1. The fraction of sp³-hybridized carbons (Fsp3) is 0.350. The first kappa shape index (κ1) is 19.4. The molecule has 160 valence electrons. The topological polar surface area (TPSA) is 117 Å². The number of esters is 1. The molecule has 31 heavy (non-hydrogen) atoms. The van der Waals surface area contributed by atoms with E-state index in [1.165, 1.54) is 23.8 Å². The Bertz CT molecular complexity index is 1350. The van der Waals surface area contributed by atoms with Crippen LogP contribution >= 0.6 is 0 Å². The summed E-state index contributed by atoms with van der Waals surface area (Å²) in [6.07, 6.45) is 2.90. The second-order valence-electron chi connectivity index (χ2n) is 7.31. The molecule has 0 atom stereocenters. The Morgan fingerprint density at radius 3 is 2.90 bits per heavy atom. The van der Waals surface area contributed by atoms with Crippen LogP contribution in [0.25, 0.3) is 33.8 Å². The highest BCUT2D eigenvalue weighted by molar-refractivity contribution is 5.80. The van der Waals surface area contributed by atoms with Crippen LogP contribution < -0.4 is 5.69 Å². The molecule has 1 aliphatic rings. The number of imidazole rings is 2. The Balaban J connectivity index is 1.67. The second-order valence-corrected chi connectivity index (χ2v) is 7.31. The molecule has 4 aromatic rings. The summed E-state index contributed by atoms with van der Waals surface area (Å²) in [6, 6.07) is 4.13. The Hall–Kier alpha value is -3.60. The SMILES string of the molecule is COC(=O)Cn1c(=O)n(C2CCOCC2)c2cnc(-c3nc4ccc(F)cc4[nH]3)nc21. The first-order valence-corrected chi connectivity index (χ1v) is 9.83. The van der Waals surface area contributed by atoms with E-state index in [9.17, 15) is 14.0 Å². The lowest BCUT2D eigenvalue weighted by Gasteiger charge is -2.23. The van der Waals surface area contributed by atoms with Crippen LogP contribution in [0.2, 0.25) is 0 Å². The number of halogens is 1. The number of carbonyl (C=O) groups excluding carboxylic acids is 1. The summed E-state index contributed by atoms with van der Waals surface area (Å²) in [5.41, 5.74) is 1.54. The maximum Gasteiger partial charge on any atom is 0.331 e. The zero-order valence-corrected chi connectivity index (χ0v) is 16.7. The highest BCUT2D eigenvalue weighted by Gasteiger charge is 2.25. The van der Waals surface area contributed by atoms with Crippen molar-refractivity contribution in [2.45, 2.75) is 25.4 Å². The quantitative estimate of drug-likeness (QED) is 0.495. The van der Waals surface area contributed by atoms with Crippen LogP contribution in [0, 0.1) is 5.82 Å². The van der Waals surface area contributed by atoms with Gasteiger partial charge < -0.3 is 14.5 Å². The highest BCUT2D eigenvalue weighted by atomic mass is 19.1. The number of benzene rings is 1. The molecule has 0 saturated carbocycles. The molecule has 0 bridgehead atoms. The fourth-order valence-electron chi connectivity index (χ4n) is 3.89. The summed E-state index contributed by atoms with van der Waals surface area (Å²) in [6.45, 7) is 0.828. The van der Waals surface area contributed by atoms with E-state index in [0.29, 0.717) is 54.1 Å². The summed E-state index contributed by atoms with van der Waals surface area (Å²) in [4.78, 5) is 41.5. The van der Waals surface area contributed by atoms with Gasteiger partial charge in [0.2, 0.25) is 0 Å². The number of methoxy groups -OCH3 is 1. The maximum absolute atomic E-state index is 13.5. The van der Waals surface area contributed by atoms with Crippen LogP contribution in [0.15, 0.2) is 29.2 Å². The van der Waals surface area contributed by atoms with Gasteiger partial charge in [0.25, 0.3) is 0 Å². The third kappa shape index (κ3) is 3.36. The molecule has 0 radical (unpaired) electrons. The minimum Gasteiger partial charge on any atom is -0.468 e. The summed E-state index contributed by atoms with van der Waals surface area (Å²) in [7, 11) is 1.26. The van der Waals surface area contributed by atoms with Crippen molar-refractivity contribution in [2.24, 2.45) is 0 Å². The van der Waals surface area contributed by atoms with Crippen molar-refractivity contribution in [3.05, 3.63) is 40.7 Å². The smallest absolute Gasteiger partial charge is 0.331 e. The van der Waals surface area contributed by atoms with Crippen molar-refractivity contribution in [3.63, 3.8) is 0 Å². The third-order valence-electron chi connectivity index (χ3n) is 5.43. The van der Waals surface area contributed by atoms with Crippen LogP contribution in [-0.2, 0) is 20.8 Å². The van der Waals surface area contributed by atoms with E-state index in [2.05, 4.69) is 19.9 Å². The van der Waals surface area contributed by atoms with Crippen LogP contribution in [0.5, 0.6) is 0 Å². The molecule has 0 amide bonds. The Kier molecular flexibility index (Phi) is 4.74. The van der Waals surface area contributed by atoms with Gasteiger partial charge in [-0.2, -0.15) is 0 Å². The number of carbonyl (C=O) groups is 1. The first-order chi connectivity index (χ1) is 15.0. The summed E-state index contributed by atoms with van der Waals surface area (Å²) in [5, 5.41) is 0. The number of fused-ring (bicyclic) bond motifs is 2. The van der Waals surface area contributed by atoms with Crippen molar-refractivity contribution < 1.29 is 18.7 Å². The summed E-state index contributed by atoms with van der Waals surface area (Å²) < 4.78 is 26.6. The zero-order valence-electron chi connectivity index (χ0n) is 16.7. The maximum atomic E-state index is 13.5. The van der Waals surface area contributed by atoms with Gasteiger partial charge in [0.15, 0.2) is 17.3 Å². The predicted molar refractivity (Wildman–Crippen MR) is 108 cm³/mol. The largest absolute Gasteiger partial charge is 0.468 e. The zero-order chi connectivity index (χ0) is 21.5. The molecule has 3 aromatic heterocycles. The van der Waals surface area contributed by atoms with E-state index in [1.54, 1.807) is 16.8 Å². The Labute approximate surface area is 174 Å². The van der Waals surface area contributed by atoms with Crippen LogP contribution in [0.3, 0.4) is 0 Å². The van der Waals surface area contributed by atoms with Crippen LogP contribution in [0.1, 0.15) is 18.9 Å². The molecule has 0 spiro atoms. The molecule has 10 nitrogen and oxygen atoms in total. The molecule has 5 rings (SSSR count). The first-order valence-electron chi connectivity index (χ1n) is 9.83.